The third-order valence-electron chi connectivity index (χ3n) is 4.51. The number of aromatic amines is 1. The molecule has 0 radical (unpaired) electrons. The van der Waals surface area contributed by atoms with Crippen LogP contribution in [0.2, 0.25) is 5.02 Å². The number of imidazole rings is 1. The molecule has 0 bridgehead atoms. The molecule has 0 saturated heterocycles. The van der Waals surface area contributed by atoms with Gasteiger partial charge in [-0.2, -0.15) is 17.6 Å². The summed E-state index contributed by atoms with van der Waals surface area (Å²) in [6.45, 7) is 0. The number of halogens is 4. The van der Waals surface area contributed by atoms with Crippen LogP contribution in [-0.2, 0) is 0 Å². The Morgan fingerprint density at radius 3 is 2.60 bits per heavy atom. The average Bonchev–Trinajstić information content (AvgIpc) is 3.11. The Kier molecular flexibility index (Phi) is 5.17. The quantitative estimate of drug-likeness (QED) is 0.467. The summed E-state index contributed by atoms with van der Waals surface area (Å²) < 4.78 is 42.4. The van der Waals surface area contributed by atoms with E-state index in [0.717, 1.165) is 0 Å². The summed E-state index contributed by atoms with van der Waals surface area (Å²) in [5.74, 6) is -0.969. The van der Waals surface area contributed by atoms with Crippen molar-refractivity contribution in [2.45, 2.75) is 12.2 Å². The number of carbonyl (C=O) groups excluding carboxylic acids is 1. The molecule has 3 heterocycles. The van der Waals surface area contributed by atoms with Gasteiger partial charge in [-0.25, -0.2) is 4.98 Å². The number of fused-ring (bicyclic) bond motifs is 1. The topological polar surface area (TPSA) is 61.9 Å². The molecule has 0 fully saturated rings. The molecular weight excluding hydrogens is 417 g/mol. The molecule has 2 N–H and O–H groups in total. The highest BCUT2D eigenvalue weighted by Gasteiger charge is 2.44. The minimum Gasteiger partial charge on any atom is -0.329 e. The lowest BCUT2D eigenvalue weighted by molar-refractivity contribution is -0.514. The molecule has 3 aromatic heterocycles. The normalized spacial score (nSPS) is 12.7. The molecule has 30 heavy (non-hydrogen) atoms. The van der Waals surface area contributed by atoms with E-state index in [9.17, 15) is 18.0 Å². The van der Waals surface area contributed by atoms with E-state index < -0.39 is 18.1 Å². The Balaban J connectivity index is 1.77. The van der Waals surface area contributed by atoms with Crippen molar-refractivity contribution < 1.29 is 22.4 Å². The first-order valence-electron chi connectivity index (χ1n) is 8.91. The second kappa shape index (κ2) is 7.79. The van der Waals surface area contributed by atoms with Gasteiger partial charge in [-0.3, -0.25) is 9.78 Å². The van der Waals surface area contributed by atoms with Crippen molar-refractivity contribution in [1.82, 2.24) is 15.3 Å². The molecule has 1 atom stereocenters. The van der Waals surface area contributed by atoms with E-state index >= 15 is 0 Å². The Morgan fingerprint density at radius 2 is 1.90 bits per heavy atom. The first-order chi connectivity index (χ1) is 14.3. The monoisotopic (exact) mass is 431 g/mol. The fraction of sp³-hybridized carbons (Fsp3) is 0.0952. The summed E-state index contributed by atoms with van der Waals surface area (Å²) in [5.41, 5.74) is 1.58. The highest BCUT2D eigenvalue weighted by Crippen LogP contribution is 2.32. The molecule has 0 aliphatic rings. The molecule has 0 aliphatic carbocycles. The van der Waals surface area contributed by atoms with Gasteiger partial charge in [-0.05, 0) is 36.4 Å². The predicted molar refractivity (Wildman–Crippen MR) is 105 cm³/mol. The van der Waals surface area contributed by atoms with Gasteiger partial charge in [-0.1, -0.05) is 35.9 Å². The number of benzene rings is 1. The molecule has 9 heteroatoms. The molecule has 152 valence electrons. The van der Waals surface area contributed by atoms with Gasteiger partial charge in [0.2, 0.25) is 0 Å². The van der Waals surface area contributed by atoms with Gasteiger partial charge in [0.05, 0.1) is 11.9 Å². The van der Waals surface area contributed by atoms with E-state index in [1.165, 1.54) is 28.8 Å². The molecule has 4 rings (SSSR count). The smallest absolute Gasteiger partial charge is 0.329 e. The molecule has 1 unspecified atom stereocenters. The number of hydrogen-bond acceptors (Lipinski definition) is 2. The summed E-state index contributed by atoms with van der Waals surface area (Å²) >= 11 is 6.07. The SMILES string of the molecule is O=C(NC(c1ccccn1)C(F)(F)F)c1[nH]c(-c2cccc(Cl)c2)c2cccc[n+]12. The van der Waals surface area contributed by atoms with Crippen LogP contribution in [0.5, 0.6) is 0 Å². The number of amides is 1. The Hall–Kier alpha value is -3.39. The zero-order valence-electron chi connectivity index (χ0n) is 15.3. The number of aromatic nitrogens is 3. The Morgan fingerprint density at radius 1 is 1.10 bits per heavy atom. The molecule has 0 spiro atoms. The first-order valence-corrected chi connectivity index (χ1v) is 9.29. The average molecular weight is 432 g/mol. The number of H-pyrrole nitrogens is 1. The zero-order valence-corrected chi connectivity index (χ0v) is 16.1. The second-order valence-electron chi connectivity index (χ2n) is 6.52. The van der Waals surface area contributed by atoms with Gasteiger partial charge < -0.3 is 5.32 Å². The third-order valence-corrected chi connectivity index (χ3v) is 4.75. The van der Waals surface area contributed by atoms with Gasteiger partial charge in [0.25, 0.3) is 0 Å². The zero-order chi connectivity index (χ0) is 21.3. The fourth-order valence-electron chi connectivity index (χ4n) is 3.18. The van der Waals surface area contributed by atoms with Gasteiger partial charge >= 0.3 is 17.9 Å². The Bertz CT molecular complexity index is 1210. The summed E-state index contributed by atoms with van der Waals surface area (Å²) in [7, 11) is 0. The summed E-state index contributed by atoms with van der Waals surface area (Å²) in [4.78, 5) is 19.6. The second-order valence-corrected chi connectivity index (χ2v) is 6.95. The van der Waals surface area contributed by atoms with E-state index in [1.54, 1.807) is 48.7 Å². The van der Waals surface area contributed by atoms with Crippen molar-refractivity contribution in [2.24, 2.45) is 0 Å². The van der Waals surface area contributed by atoms with Crippen LogP contribution in [0.15, 0.2) is 73.1 Å². The van der Waals surface area contributed by atoms with Crippen molar-refractivity contribution in [2.75, 3.05) is 0 Å². The number of carbonyl (C=O) groups is 1. The van der Waals surface area contributed by atoms with Crippen LogP contribution in [0.4, 0.5) is 13.2 Å². The van der Waals surface area contributed by atoms with Crippen LogP contribution in [0.1, 0.15) is 22.4 Å². The molecule has 1 amide bonds. The van der Waals surface area contributed by atoms with Gasteiger partial charge in [0.15, 0.2) is 17.3 Å². The molecule has 4 aromatic rings. The lowest BCUT2D eigenvalue weighted by Crippen LogP contribution is -2.42. The van der Waals surface area contributed by atoms with Crippen LogP contribution < -0.4 is 9.72 Å². The van der Waals surface area contributed by atoms with Crippen molar-refractivity contribution in [3.05, 3.63) is 89.6 Å². The maximum absolute atomic E-state index is 13.6. The number of pyridine rings is 2. The molecule has 0 aliphatic heterocycles. The largest absolute Gasteiger partial charge is 0.414 e. The number of rotatable bonds is 4. The van der Waals surface area contributed by atoms with E-state index in [2.05, 4.69) is 15.3 Å². The van der Waals surface area contributed by atoms with E-state index in [-0.39, 0.29) is 11.5 Å². The van der Waals surface area contributed by atoms with Crippen molar-refractivity contribution in [3.8, 4) is 11.3 Å². The van der Waals surface area contributed by atoms with Crippen LogP contribution in [0, 0.1) is 0 Å². The summed E-state index contributed by atoms with van der Waals surface area (Å²) in [6, 6.07) is 14.1. The van der Waals surface area contributed by atoms with Crippen LogP contribution in [0.25, 0.3) is 16.8 Å². The van der Waals surface area contributed by atoms with Crippen LogP contribution >= 0.6 is 11.6 Å². The first kappa shape index (κ1) is 19.9. The number of nitrogens with zero attached hydrogens (tertiary/aromatic N) is 2. The molecule has 1 aromatic carbocycles. The maximum atomic E-state index is 13.6. The van der Waals surface area contributed by atoms with Crippen molar-refractivity contribution >= 4 is 23.0 Å². The summed E-state index contributed by atoms with van der Waals surface area (Å²) in [5, 5.41) is 2.55. The van der Waals surface area contributed by atoms with Crippen molar-refractivity contribution in [3.63, 3.8) is 0 Å². The van der Waals surface area contributed by atoms with Crippen LogP contribution in [0.3, 0.4) is 0 Å². The summed E-state index contributed by atoms with van der Waals surface area (Å²) in [6.07, 6.45) is -1.87. The number of alkyl halides is 3. The highest BCUT2D eigenvalue weighted by molar-refractivity contribution is 6.30. The molecule has 5 nitrogen and oxygen atoms in total. The van der Waals surface area contributed by atoms with Crippen LogP contribution in [-0.4, -0.2) is 22.1 Å². The van der Waals surface area contributed by atoms with Gasteiger partial charge in [-0.15, -0.1) is 0 Å². The predicted octanol–water partition coefficient (Wildman–Crippen LogP) is 4.50. The fourth-order valence-corrected chi connectivity index (χ4v) is 3.37. The lowest BCUT2D eigenvalue weighted by atomic mass is 10.1. The molecule has 0 saturated carbocycles. The third kappa shape index (κ3) is 3.86. The van der Waals surface area contributed by atoms with E-state index in [4.69, 9.17) is 11.6 Å². The minimum absolute atomic E-state index is 0.0502. The number of nitrogens with one attached hydrogen (secondary N) is 2. The van der Waals surface area contributed by atoms with Crippen molar-refractivity contribution in [1.29, 1.82) is 0 Å². The highest BCUT2D eigenvalue weighted by atomic mass is 35.5. The van der Waals surface area contributed by atoms with Gasteiger partial charge in [0, 0.05) is 16.8 Å². The van der Waals surface area contributed by atoms with Gasteiger partial charge in [0.1, 0.15) is 0 Å². The Labute approximate surface area is 174 Å². The van der Waals surface area contributed by atoms with E-state index in [1.807, 2.05) is 0 Å². The minimum atomic E-state index is -4.72. The lowest BCUT2D eigenvalue weighted by Gasteiger charge is -2.19. The number of hydrogen-bond donors (Lipinski definition) is 2. The van der Waals surface area contributed by atoms with E-state index in [0.29, 0.717) is 21.8 Å². The maximum Gasteiger partial charge on any atom is 0.414 e. The standard InChI is InChI=1S/C21H14ClF3N4O/c22-14-7-5-6-13(12-14)17-16-9-2-4-11-29(16)19(27-17)20(30)28-18(21(23,24)25)15-8-1-3-10-26-15/h1-12,18H,(H,28,30)/p+1. The molecular formula is C21H15ClF3N4O+.